The van der Waals surface area contributed by atoms with E-state index in [4.69, 9.17) is 1.37 Å². The molecular formula is C31H34N+. The fourth-order valence-corrected chi connectivity index (χ4v) is 5.43. The molecule has 1 aromatic heterocycles. The summed E-state index contributed by atoms with van der Waals surface area (Å²) in [5.41, 5.74) is 9.94. The number of fused-ring (bicyclic) bond motifs is 1. The van der Waals surface area contributed by atoms with Crippen molar-refractivity contribution in [3.8, 4) is 22.4 Å². The largest absolute Gasteiger partial charge is 0.220 e. The third-order valence-electron chi connectivity index (χ3n) is 7.52. The van der Waals surface area contributed by atoms with Gasteiger partial charge in [-0.15, -0.1) is 0 Å². The molecule has 0 unspecified atom stereocenters. The molecule has 1 heterocycles. The number of hydrogen-bond donors (Lipinski definition) is 0. The zero-order chi connectivity index (χ0) is 23.1. The first kappa shape index (κ1) is 19.7. The molecule has 0 saturated heterocycles. The fraction of sp³-hybridized carbons (Fsp3) is 0.323. The topological polar surface area (TPSA) is 3.88 Å². The molecule has 1 heteroatoms. The lowest BCUT2D eigenvalue weighted by Crippen LogP contribution is -2.35. The summed E-state index contributed by atoms with van der Waals surface area (Å²) in [6, 6.07) is 22.8. The van der Waals surface area contributed by atoms with Crippen LogP contribution in [0.1, 0.15) is 49.4 Å². The van der Waals surface area contributed by atoms with Gasteiger partial charge in [0.2, 0.25) is 5.69 Å². The van der Waals surface area contributed by atoms with Crippen molar-refractivity contribution in [2.24, 2.45) is 13.0 Å². The maximum Gasteiger partial charge on any atom is 0.220 e. The first-order chi connectivity index (χ1) is 15.9. The lowest BCUT2D eigenvalue weighted by Gasteiger charge is -2.15. The Morgan fingerprint density at radius 3 is 2.41 bits per heavy atom. The number of nitrogens with zero attached hydrogens (tertiary/aromatic N) is 1. The molecule has 3 aromatic carbocycles. The number of aryl methyl sites for hydroxylation is 1. The van der Waals surface area contributed by atoms with Gasteiger partial charge >= 0.3 is 0 Å². The lowest BCUT2D eigenvalue weighted by molar-refractivity contribution is -0.665. The van der Waals surface area contributed by atoms with E-state index in [0.717, 1.165) is 23.4 Å². The van der Waals surface area contributed by atoms with Crippen LogP contribution in [0, 0.1) is 26.7 Å². The summed E-state index contributed by atoms with van der Waals surface area (Å²) in [6.45, 7) is 6.51. The molecule has 0 N–H and O–H groups in total. The second-order valence-corrected chi connectivity index (χ2v) is 9.68. The van der Waals surface area contributed by atoms with Crippen molar-refractivity contribution < 1.29 is 5.94 Å². The summed E-state index contributed by atoms with van der Waals surface area (Å²) >= 11 is 0. The lowest BCUT2D eigenvalue weighted by atomic mass is 9.90. The molecule has 1 aliphatic rings. The van der Waals surface area contributed by atoms with Gasteiger partial charge in [-0.05, 0) is 71.5 Å². The first-order valence-corrected chi connectivity index (χ1v) is 12.0. The zero-order valence-corrected chi connectivity index (χ0v) is 19.8. The van der Waals surface area contributed by atoms with Crippen LogP contribution in [0.2, 0.25) is 0 Å². The van der Waals surface area contributed by atoms with Crippen LogP contribution in [0.25, 0.3) is 33.2 Å². The Kier molecular flexibility index (Phi) is 5.27. The monoisotopic (exact) mass is 421 g/mol. The van der Waals surface area contributed by atoms with Gasteiger partial charge in [0.15, 0.2) is 5.69 Å². The summed E-state index contributed by atoms with van der Waals surface area (Å²) in [5.74, 6) is 0.810. The Morgan fingerprint density at radius 1 is 0.906 bits per heavy atom. The first-order valence-electron chi connectivity index (χ1n) is 12.5. The second kappa shape index (κ2) is 8.54. The summed E-state index contributed by atoms with van der Waals surface area (Å²) < 4.78 is 11.1. The molecule has 1 nitrogen and oxygen atoms in total. The Morgan fingerprint density at radius 2 is 1.66 bits per heavy atom. The van der Waals surface area contributed by atoms with Crippen molar-refractivity contribution in [1.82, 2.24) is 0 Å². The molecule has 32 heavy (non-hydrogen) atoms. The maximum absolute atomic E-state index is 8.92. The normalized spacial score (nSPS) is 14.8. The maximum atomic E-state index is 8.92. The smallest absolute Gasteiger partial charge is 0.198 e. The molecule has 0 bridgehead atoms. The van der Waals surface area contributed by atoms with Crippen molar-refractivity contribution in [3.05, 3.63) is 89.1 Å². The average molecular weight is 422 g/mol. The zero-order valence-electron chi connectivity index (χ0n) is 20.8. The molecule has 1 fully saturated rings. The third-order valence-corrected chi connectivity index (χ3v) is 7.52. The van der Waals surface area contributed by atoms with E-state index in [2.05, 4.69) is 93.0 Å². The molecule has 0 amide bonds. The van der Waals surface area contributed by atoms with Crippen molar-refractivity contribution in [1.29, 1.82) is 0 Å². The highest BCUT2D eigenvalue weighted by Crippen LogP contribution is 2.35. The van der Waals surface area contributed by atoms with Crippen LogP contribution in [-0.2, 0) is 13.5 Å². The fourth-order valence-electron chi connectivity index (χ4n) is 5.43. The van der Waals surface area contributed by atoms with E-state index >= 15 is 0 Å². The number of pyridine rings is 1. The van der Waals surface area contributed by atoms with Gasteiger partial charge in [0.25, 0.3) is 0 Å². The minimum Gasteiger partial charge on any atom is -0.198 e. The summed E-state index contributed by atoms with van der Waals surface area (Å²) in [5, 5.41) is 2.26. The van der Waals surface area contributed by atoms with E-state index in [1.807, 2.05) is 0 Å². The molecule has 1 saturated carbocycles. The highest BCUT2D eigenvalue weighted by Gasteiger charge is 2.22. The van der Waals surface area contributed by atoms with E-state index in [9.17, 15) is 0 Å². The summed E-state index contributed by atoms with van der Waals surface area (Å²) in [4.78, 5) is 0. The Balaban J connectivity index is 1.72. The van der Waals surface area contributed by atoms with Crippen molar-refractivity contribution in [2.45, 2.75) is 52.9 Å². The van der Waals surface area contributed by atoms with Gasteiger partial charge in [-0.3, -0.25) is 0 Å². The van der Waals surface area contributed by atoms with Gasteiger partial charge in [-0.2, -0.15) is 4.57 Å². The second-order valence-electron chi connectivity index (χ2n) is 9.68. The highest BCUT2D eigenvalue weighted by atomic mass is 14.9. The SMILES string of the molecule is [2H]c1c(C)[n+](C)c(-c2cc(-c3ccccc3)cc(C)c2C)c2ccc(CC3CCCC3)cc12. The van der Waals surface area contributed by atoms with Crippen LogP contribution in [-0.4, -0.2) is 0 Å². The quantitative estimate of drug-likeness (QED) is 0.298. The van der Waals surface area contributed by atoms with Gasteiger partial charge in [-0.25, -0.2) is 0 Å². The van der Waals surface area contributed by atoms with Crippen molar-refractivity contribution in [2.75, 3.05) is 0 Å². The van der Waals surface area contributed by atoms with E-state index in [0.29, 0.717) is 6.04 Å². The standard InChI is InChI=1S/C31H34N/c1-21-16-27(26-12-6-5-7-13-26)20-30(23(21)3)31-29-15-14-25(18-24-10-8-9-11-24)19-28(29)17-22(2)32(31)4/h5-7,12-17,19-20,24H,8-11,18H2,1-4H3/q+1/i17D. The minimum absolute atomic E-state index is 0.651. The minimum atomic E-state index is 0.651. The molecule has 5 rings (SSSR count). The summed E-state index contributed by atoms with van der Waals surface area (Å²) in [7, 11) is 2.11. The van der Waals surface area contributed by atoms with Crippen LogP contribution in [0.4, 0.5) is 0 Å². The van der Waals surface area contributed by atoms with Gasteiger partial charge in [0, 0.05) is 13.0 Å². The molecule has 0 aliphatic heterocycles. The van der Waals surface area contributed by atoms with Gasteiger partial charge < -0.3 is 0 Å². The van der Waals surface area contributed by atoms with E-state index in [-0.39, 0.29) is 0 Å². The molecule has 0 spiro atoms. The number of hydrogen-bond acceptors (Lipinski definition) is 0. The Hall–Kier alpha value is -2.93. The van der Waals surface area contributed by atoms with Gasteiger partial charge in [0.1, 0.15) is 7.05 Å². The predicted molar refractivity (Wildman–Crippen MR) is 136 cm³/mol. The van der Waals surface area contributed by atoms with Gasteiger partial charge in [0.05, 0.1) is 12.3 Å². The van der Waals surface area contributed by atoms with Crippen LogP contribution >= 0.6 is 0 Å². The average Bonchev–Trinajstić information content (AvgIpc) is 3.34. The van der Waals surface area contributed by atoms with Crippen molar-refractivity contribution in [3.63, 3.8) is 0 Å². The molecule has 162 valence electrons. The third kappa shape index (κ3) is 3.86. The van der Waals surface area contributed by atoms with E-state index < -0.39 is 0 Å². The highest BCUT2D eigenvalue weighted by molar-refractivity contribution is 5.95. The van der Waals surface area contributed by atoms with E-state index in [1.54, 1.807) is 0 Å². The molecule has 0 atom stereocenters. The summed E-state index contributed by atoms with van der Waals surface area (Å²) in [6.07, 6.45) is 6.59. The number of aromatic nitrogens is 1. The Bertz CT molecular complexity index is 1330. The van der Waals surface area contributed by atoms with Crippen LogP contribution in [0.5, 0.6) is 0 Å². The Labute approximate surface area is 194 Å². The van der Waals surface area contributed by atoms with Crippen LogP contribution in [0.15, 0.2) is 66.7 Å². The molecule has 4 aromatic rings. The van der Waals surface area contributed by atoms with Crippen LogP contribution in [0.3, 0.4) is 0 Å². The number of rotatable bonds is 4. The van der Waals surface area contributed by atoms with E-state index in [1.165, 1.54) is 70.1 Å². The molecule has 0 radical (unpaired) electrons. The predicted octanol–water partition coefficient (Wildman–Crippen LogP) is 7.66. The van der Waals surface area contributed by atoms with Crippen LogP contribution < -0.4 is 4.57 Å². The van der Waals surface area contributed by atoms with Gasteiger partial charge in [-0.1, -0.05) is 74.2 Å². The molecule has 1 aliphatic carbocycles. The molecular weight excluding hydrogens is 386 g/mol. The number of benzene rings is 3. The van der Waals surface area contributed by atoms with Crippen molar-refractivity contribution >= 4 is 10.8 Å².